The van der Waals surface area contributed by atoms with Gasteiger partial charge in [-0.25, -0.2) is 4.79 Å². The summed E-state index contributed by atoms with van der Waals surface area (Å²) in [7, 11) is 4.34. The first-order chi connectivity index (χ1) is 11.9. The highest BCUT2D eigenvalue weighted by Gasteiger charge is 2.18. The number of carboxylic acid groups (broad SMARTS) is 1. The molecule has 0 atom stereocenters. The fraction of sp³-hybridized carbons (Fsp3) is 0.176. The van der Waals surface area contributed by atoms with Gasteiger partial charge in [-0.05, 0) is 30.3 Å². The van der Waals surface area contributed by atoms with Crippen LogP contribution < -0.4 is 19.5 Å². The third-order valence-electron chi connectivity index (χ3n) is 3.38. The Hall–Kier alpha value is -2.93. The molecule has 1 amide bonds. The van der Waals surface area contributed by atoms with Crippen LogP contribution >= 0.6 is 11.6 Å². The first-order valence-corrected chi connectivity index (χ1v) is 7.43. The van der Waals surface area contributed by atoms with Gasteiger partial charge in [-0.2, -0.15) is 0 Å². The number of carboxylic acids is 1. The number of methoxy groups -OCH3 is 3. The summed E-state index contributed by atoms with van der Waals surface area (Å²) in [6, 6.07) is 7.16. The van der Waals surface area contributed by atoms with Gasteiger partial charge >= 0.3 is 5.97 Å². The van der Waals surface area contributed by atoms with E-state index in [1.807, 2.05) is 0 Å². The van der Waals surface area contributed by atoms with Crippen molar-refractivity contribution in [3.05, 3.63) is 46.5 Å². The van der Waals surface area contributed by atoms with Gasteiger partial charge in [-0.15, -0.1) is 0 Å². The van der Waals surface area contributed by atoms with Crippen LogP contribution in [0.25, 0.3) is 0 Å². The molecule has 7 nitrogen and oxygen atoms in total. The highest BCUT2D eigenvalue weighted by Crippen LogP contribution is 2.38. The van der Waals surface area contributed by atoms with E-state index in [9.17, 15) is 9.59 Å². The monoisotopic (exact) mass is 365 g/mol. The standard InChI is InChI=1S/C17H16ClNO6/c1-23-13-6-9(7-14(24-2)15(13)25-3)16(20)19-10-4-5-12(18)11(8-10)17(21)22/h4-8H,1-3H3,(H,19,20)(H,21,22). The zero-order valence-corrected chi connectivity index (χ0v) is 14.5. The number of carbonyl (C=O) groups excluding carboxylic acids is 1. The summed E-state index contributed by atoms with van der Waals surface area (Å²) in [5, 5.41) is 11.8. The molecule has 2 aromatic carbocycles. The van der Waals surface area contributed by atoms with Crippen LogP contribution in [0.2, 0.25) is 5.02 Å². The molecule has 0 unspecified atom stereocenters. The van der Waals surface area contributed by atoms with Crippen LogP contribution in [-0.2, 0) is 0 Å². The molecule has 2 aromatic rings. The van der Waals surface area contributed by atoms with Gasteiger partial charge in [0.25, 0.3) is 5.91 Å². The number of rotatable bonds is 6. The Morgan fingerprint density at radius 3 is 2.08 bits per heavy atom. The van der Waals surface area contributed by atoms with E-state index in [0.717, 1.165) is 0 Å². The normalized spacial score (nSPS) is 10.1. The fourth-order valence-electron chi connectivity index (χ4n) is 2.18. The number of nitrogens with one attached hydrogen (secondary N) is 1. The second-order valence-electron chi connectivity index (χ2n) is 4.87. The van der Waals surface area contributed by atoms with Gasteiger partial charge < -0.3 is 24.6 Å². The number of amides is 1. The molecular weight excluding hydrogens is 350 g/mol. The highest BCUT2D eigenvalue weighted by atomic mass is 35.5. The SMILES string of the molecule is COc1cc(C(=O)Nc2ccc(Cl)c(C(=O)O)c2)cc(OC)c1OC. The van der Waals surface area contributed by atoms with E-state index in [1.54, 1.807) is 0 Å². The molecule has 0 heterocycles. The van der Waals surface area contributed by atoms with Crippen LogP contribution in [0.4, 0.5) is 5.69 Å². The fourth-order valence-corrected chi connectivity index (χ4v) is 2.38. The summed E-state index contributed by atoms with van der Waals surface area (Å²) in [6.45, 7) is 0. The Morgan fingerprint density at radius 1 is 1.00 bits per heavy atom. The lowest BCUT2D eigenvalue weighted by Crippen LogP contribution is -2.13. The van der Waals surface area contributed by atoms with E-state index < -0.39 is 11.9 Å². The van der Waals surface area contributed by atoms with Gasteiger partial charge in [0.15, 0.2) is 11.5 Å². The largest absolute Gasteiger partial charge is 0.493 e. The minimum absolute atomic E-state index is 0.0817. The number of halogens is 1. The molecule has 0 aliphatic heterocycles. The maximum absolute atomic E-state index is 12.5. The smallest absolute Gasteiger partial charge is 0.337 e. The minimum Gasteiger partial charge on any atom is -0.493 e. The summed E-state index contributed by atoms with van der Waals surface area (Å²) in [5.41, 5.74) is 0.436. The van der Waals surface area contributed by atoms with E-state index in [2.05, 4.69) is 5.32 Å². The van der Waals surface area contributed by atoms with Crippen LogP contribution in [0.1, 0.15) is 20.7 Å². The molecule has 25 heavy (non-hydrogen) atoms. The van der Waals surface area contributed by atoms with E-state index in [-0.39, 0.29) is 16.1 Å². The Kier molecular flexibility index (Phi) is 5.71. The van der Waals surface area contributed by atoms with Crippen molar-refractivity contribution in [1.82, 2.24) is 0 Å². The van der Waals surface area contributed by atoms with E-state index in [4.69, 9.17) is 30.9 Å². The molecule has 0 saturated heterocycles. The van der Waals surface area contributed by atoms with Gasteiger partial charge in [-0.3, -0.25) is 4.79 Å². The second kappa shape index (κ2) is 7.76. The molecule has 2 rings (SSSR count). The number of ether oxygens (including phenoxy) is 3. The quantitative estimate of drug-likeness (QED) is 0.815. The maximum Gasteiger partial charge on any atom is 0.337 e. The predicted octanol–water partition coefficient (Wildman–Crippen LogP) is 3.32. The molecule has 0 aliphatic carbocycles. The topological polar surface area (TPSA) is 94.1 Å². The molecule has 0 spiro atoms. The van der Waals surface area contributed by atoms with Crippen LogP contribution in [0.5, 0.6) is 17.2 Å². The summed E-state index contributed by atoms with van der Waals surface area (Å²) in [6.07, 6.45) is 0. The lowest BCUT2D eigenvalue weighted by molar-refractivity contribution is 0.0696. The molecule has 0 bridgehead atoms. The van der Waals surface area contributed by atoms with Gasteiger partial charge in [0, 0.05) is 11.3 Å². The van der Waals surface area contributed by atoms with Gasteiger partial charge in [0.05, 0.1) is 31.9 Å². The molecule has 0 saturated carbocycles. The first kappa shape index (κ1) is 18.4. The van der Waals surface area contributed by atoms with Gasteiger partial charge in [0.2, 0.25) is 5.75 Å². The highest BCUT2D eigenvalue weighted by molar-refractivity contribution is 6.33. The van der Waals surface area contributed by atoms with Crippen molar-refractivity contribution in [1.29, 1.82) is 0 Å². The van der Waals surface area contributed by atoms with Crippen LogP contribution in [0.15, 0.2) is 30.3 Å². The Morgan fingerprint density at radius 2 is 1.60 bits per heavy atom. The van der Waals surface area contributed by atoms with Crippen molar-refractivity contribution in [3.63, 3.8) is 0 Å². The molecule has 0 aliphatic rings. The van der Waals surface area contributed by atoms with Crippen molar-refractivity contribution < 1.29 is 28.9 Å². The van der Waals surface area contributed by atoms with E-state index >= 15 is 0 Å². The van der Waals surface area contributed by atoms with Crippen molar-refractivity contribution in [2.45, 2.75) is 0 Å². The van der Waals surface area contributed by atoms with E-state index in [1.165, 1.54) is 51.7 Å². The number of hydrogen-bond donors (Lipinski definition) is 2. The minimum atomic E-state index is -1.19. The summed E-state index contributed by atoms with van der Waals surface area (Å²) < 4.78 is 15.6. The summed E-state index contributed by atoms with van der Waals surface area (Å²) in [5.74, 6) is -0.642. The Balaban J connectivity index is 2.35. The third kappa shape index (κ3) is 3.95. The summed E-state index contributed by atoms with van der Waals surface area (Å²) in [4.78, 5) is 23.6. The number of benzene rings is 2. The van der Waals surface area contributed by atoms with Gasteiger partial charge in [-0.1, -0.05) is 11.6 Å². The number of aromatic carboxylic acids is 1. The van der Waals surface area contributed by atoms with E-state index in [0.29, 0.717) is 22.9 Å². The van der Waals surface area contributed by atoms with Crippen molar-refractivity contribution in [3.8, 4) is 17.2 Å². The molecule has 2 N–H and O–H groups in total. The molecule has 0 aromatic heterocycles. The van der Waals surface area contributed by atoms with Gasteiger partial charge in [0.1, 0.15) is 0 Å². The zero-order chi connectivity index (χ0) is 18.6. The average molecular weight is 366 g/mol. The molecule has 0 fully saturated rings. The average Bonchev–Trinajstić information content (AvgIpc) is 2.61. The molecule has 132 valence electrons. The Bertz CT molecular complexity index is 796. The van der Waals surface area contributed by atoms with Crippen LogP contribution in [0, 0.1) is 0 Å². The number of carbonyl (C=O) groups is 2. The van der Waals surface area contributed by atoms with Crippen LogP contribution in [-0.4, -0.2) is 38.3 Å². The lowest BCUT2D eigenvalue weighted by atomic mass is 10.1. The molecule has 0 radical (unpaired) electrons. The maximum atomic E-state index is 12.5. The number of anilines is 1. The van der Waals surface area contributed by atoms with Crippen molar-refractivity contribution in [2.75, 3.05) is 26.6 Å². The molecule has 8 heteroatoms. The third-order valence-corrected chi connectivity index (χ3v) is 3.71. The lowest BCUT2D eigenvalue weighted by Gasteiger charge is -2.14. The predicted molar refractivity (Wildman–Crippen MR) is 92.5 cm³/mol. The molecular formula is C17H16ClNO6. The van der Waals surface area contributed by atoms with Crippen molar-refractivity contribution in [2.24, 2.45) is 0 Å². The summed E-state index contributed by atoms with van der Waals surface area (Å²) >= 11 is 5.82. The first-order valence-electron chi connectivity index (χ1n) is 7.05. The second-order valence-corrected chi connectivity index (χ2v) is 5.28. The Labute approximate surface area is 149 Å². The van der Waals surface area contributed by atoms with Crippen LogP contribution in [0.3, 0.4) is 0 Å². The zero-order valence-electron chi connectivity index (χ0n) is 13.8. The number of hydrogen-bond acceptors (Lipinski definition) is 5. The van der Waals surface area contributed by atoms with Crippen molar-refractivity contribution >= 4 is 29.2 Å².